The van der Waals surface area contributed by atoms with Crippen LogP contribution in [0.25, 0.3) is 5.65 Å². The van der Waals surface area contributed by atoms with Crippen LogP contribution in [0.15, 0.2) is 47.3 Å². The first-order valence-electron chi connectivity index (χ1n) is 8.27. The minimum absolute atomic E-state index is 0.237. The van der Waals surface area contributed by atoms with Crippen molar-refractivity contribution in [1.82, 2.24) is 29.4 Å². The zero-order chi connectivity index (χ0) is 19.0. The number of rotatable bonds is 4. The van der Waals surface area contributed by atoms with Crippen LogP contribution in [0.4, 0.5) is 5.95 Å². The van der Waals surface area contributed by atoms with E-state index in [0.29, 0.717) is 17.8 Å². The number of aromatic nitrogens is 6. The zero-order valence-corrected chi connectivity index (χ0v) is 16.3. The maximum Gasteiger partial charge on any atom is 0.263 e. The molecule has 0 spiro atoms. The molecule has 0 saturated carbocycles. The van der Waals surface area contributed by atoms with Gasteiger partial charge in [-0.1, -0.05) is 28.1 Å². The largest absolute Gasteiger partial charge is 0.289 e. The average molecular weight is 426 g/mol. The SMILES string of the molecule is Cc1cc(C)n2ncc(C(=O)Nc3ncn(Cc4ccc(Br)cc4)n3)c2n1. The lowest BCUT2D eigenvalue weighted by Gasteiger charge is -2.03. The number of halogens is 1. The Morgan fingerprint density at radius 3 is 2.78 bits per heavy atom. The fourth-order valence-electron chi connectivity index (χ4n) is 2.80. The Morgan fingerprint density at radius 1 is 1.22 bits per heavy atom. The summed E-state index contributed by atoms with van der Waals surface area (Å²) < 4.78 is 4.33. The lowest BCUT2D eigenvalue weighted by molar-refractivity contribution is 0.102. The van der Waals surface area contributed by atoms with Gasteiger partial charge in [0.2, 0.25) is 5.95 Å². The molecule has 136 valence electrons. The van der Waals surface area contributed by atoms with Gasteiger partial charge in [-0.15, -0.1) is 5.10 Å². The van der Waals surface area contributed by atoms with E-state index in [1.807, 2.05) is 44.2 Å². The fourth-order valence-corrected chi connectivity index (χ4v) is 3.07. The molecule has 0 atom stereocenters. The van der Waals surface area contributed by atoms with Crippen LogP contribution in [0.1, 0.15) is 27.3 Å². The molecular formula is C18H16BrN7O. The Morgan fingerprint density at radius 2 is 2.00 bits per heavy atom. The third kappa shape index (κ3) is 3.59. The molecule has 8 nitrogen and oxygen atoms in total. The summed E-state index contributed by atoms with van der Waals surface area (Å²) in [6, 6.07) is 9.85. The van der Waals surface area contributed by atoms with Gasteiger partial charge in [-0.25, -0.2) is 19.2 Å². The van der Waals surface area contributed by atoms with Gasteiger partial charge in [0.05, 0.1) is 12.7 Å². The Bertz CT molecular complexity index is 1130. The molecule has 27 heavy (non-hydrogen) atoms. The highest BCUT2D eigenvalue weighted by molar-refractivity contribution is 9.10. The summed E-state index contributed by atoms with van der Waals surface area (Å²) in [5.74, 6) is -0.107. The van der Waals surface area contributed by atoms with Crippen LogP contribution >= 0.6 is 15.9 Å². The summed E-state index contributed by atoms with van der Waals surface area (Å²) in [5, 5.41) is 11.2. The molecule has 4 rings (SSSR count). The smallest absolute Gasteiger partial charge is 0.263 e. The predicted octanol–water partition coefficient (Wildman–Crippen LogP) is 3.00. The average Bonchev–Trinajstić information content (AvgIpc) is 3.24. The predicted molar refractivity (Wildman–Crippen MR) is 104 cm³/mol. The fraction of sp³-hybridized carbons (Fsp3) is 0.167. The van der Waals surface area contributed by atoms with Crippen LogP contribution in [0, 0.1) is 13.8 Å². The second-order valence-electron chi connectivity index (χ2n) is 6.18. The van der Waals surface area contributed by atoms with E-state index in [0.717, 1.165) is 21.4 Å². The molecule has 0 aliphatic rings. The van der Waals surface area contributed by atoms with Crippen LogP contribution in [0.2, 0.25) is 0 Å². The van der Waals surface area contributed by atoms with Crippen LogP contribution in [0.5, 0.6) is 0 Å². The van der Waals surface area contributed by atoms with Crippen molar-refractivity contribution in [2.45, 2.75) is 20.4 Å². The number of fused-ring (bicyclic) bond motifs is 1. The van der Waals surface area contributed by atoms with Crippen molar-refractivity contribution in [3.63, 3.8) is 0 Å². The maximum atomic E-state index is 12.6. The number of hydrogen-bond acceptors (Lipinski definition) is 5. The first kappa shape index (κ1) is 17.3. The first-order valence-corrected chi connectivity index (χ1v) is 9.06. The molecule has 3 heterocycles. The minimum Gasteiger partial charge on any atom is -0.289 e. The molecular weight excluding hydrogens is 410 g/mol. The molecule has 0 aliphatic carbocycles. The van der Waals surface area contributed by atoms with E-state index in [-0.39, 0.29) is 11.9 Å². The zero-order valence-electron chi connectivity index (χ0n) is 14.7. The number of nitrogens with zero attached hydrogens (tertiary/aromatic N) is 6. The monoisotopic (exact) mass is 425 g/mol. The number of hydrogen-bond donors (Lipinski definition) is 1. The first-order chi connectivity index (χ1) is 13.0. The number of carbonyl (C=O) groups is 1. The van der Waals surface area contributed by atoms with Crippen molar-refractivity contribution in [2.75, 3.05) is 5.32 Å². The number of benzene rings is 1. The lowest BCUT2D eigenvalue weighted by Crippen LogP contribution is -2.14. The van der Waals surface area contributed by atoms with Crippen molar-refractivity contribution >= 4 is 33.4 Å². The number of nitrogens with one attached hydrogen (secondary N) is 1. The molecule has 4 aromatic rings. The van der Waals surface area contributed by atoms with E-state index in [1.165, 1.54) is 6.20 Å². The van der Waals surface area contributed by atoms with Crippen LogP contribution in [0.3, 0.4) is 0 Å². The van der Waals surface area contributed by atoms with Gasteiger partial charge in [0, 0.05) is 15.9 Å². The Balaban J connectivity index is 1.52. The highest BCUT2D eigenvalue weighted by Crippen LogP contribution is 2.14. The van der Waals surface area contributed by atoms with Gasteiger partial charge in [0.25, 0.3) is 5.91 Å². The molecule has 1 N–H and O–H groups in total. The number of aryl methyl sites for hydroxylation is 2. The minimum atomic E-state index is -0.344. The summed E-state index contributed by atoms with van der Waals surface area (Å²) in [5.41, 5.74) is 3.71. The van der Waals surface area contributed by atoms with Gasteiger partial charge >= 0.3 is 0 Å². The molecule has 0 saturated heterocycles. The topological polar surface area (TPSA) is 90.0 Å². The molecule has 0 aliphatic heterocycles. The summed E-state index contributed by atoms with van der Waals surface area (Å²) >= 11 is 3.41. The molecule has 0 bridgehead atoms. The highest BCUT2D eigenvalue weighted by Gasteiger charge is 2.17. The van der Waals surface area contributed by atoms with Crippen molar-refractivity contribution < 1.29 is 4.79 Å². The van der Waals surface area contributed by atoms with E-state index in [9.17, 15) is 4.79 Å². The summed E-state index contributed by atoms with van der Waals surface area (Å²) in [6.45, 7) is 4.36. The number of anilines is 1. The van der Waals surface area contributed by atoms with Gasteiger partial charge in [0.15, 0.2) is 5.65 Å². The van der Waals surface area contributed by atoms with Gasteiger partial charge in [-0.3, -0.25) is 10.1 Å². The maximum absolute atomic E-state index is 12.6. The summed E-state index contributed by atoms with van der Waals surface area (Å²) in [6.07, 6.45) is 3.09. The van der Waals surface area contributed by atoms with Crippen molar-refractivity contribution in [1.29, 1.82) is 0 Å². The van der Waals surface area contributed by atoms with E-state index in [4.69, 9.17) is 0 Å². The quantitative estimate of drug-likeness (QED) is 0.542. The van der Waals surface area contributed by atoms with Gasteiger partial charge in [-0.05, 0) is 37.6 Å². The van der Waals surface area contributed by atoms with Crippen molar-refractivity contribution in [3.05, 3.63) is 69.8 Å². The molecule has 1 aromatic carbocycles. The molecule has 3 aromatic heterocycles. The van der Waals surface area contributed by atoms with Crippen LogP contribution in [-0.4, -0.2) is 35.3 Å². The molecule has 9 heteroatoms. The number of carbonyl (C=O) groups excluding carboxylic acids is 1. The standard InChI is InChI=1S/C18H16BrN7O/c1-11-7-12(2)26-16(22-11)15(8-21-26)17(27)23-18-20-10-25(24-18)9-13-3-5-14(19)6-4-13/h3-8,10H,9H2,1-2H3,(H,23,24,27). The van der Waals surface area contributed by atoms with Crippen molar-refractivity contribution in [2.24, 2.45) is 0 Å². The van der Waals surface area contributed by atoms with E-state index in [1.54, 1.807) is 15.5 Å². The Kier molecular flexibility index (Phi) is 4.44. The third-order valence-electron chi connectivity index (χ3n) is 4.04. The second kappa shape index (κ2) is 6.92. The molecule has 0 unspecified atom stereocenters. The van der Waals surface area contributed by atoms with Crippen LogP contribution < -0.4 is 5.32 Å². The second-order valence-corrected chi connectivity index (χ2v) is 7.09. The highest BCUT2D eigenvalue weighted by atomic mass is 79.9. The third-order valence-corrected chi connectivity index (χ3v) is 4.57. The Labute approximate surface area is 163 Å². The molecule has 0 radical (unpaired) electrons. The molecule has 1 amide bonds. The molecule has 0 fully saturated rings. The van der Waals surface area contributed by atoms with Gasteiger partial charge < -0.3 is 0 Å². The van der Waals surface area contributed by atoms with Gasteiger partial charge in [0.1, 0.15) is 11.9 Å². The summed E-state index contributed by atoms with van der Waals surface area (Å²) in [4.78, 5) is 21.2. The summed E-state index contributed by atoms with van der Waals surface area (Å²) in [7, 11) is 0. The van der Waals surface area contributed by atoms with Crippen LogP contribution in [-0.2, 0) is 6.54 Å². The van der Waals surface area contributed by atoms with E-state index >= 15 is 0 Å². The van der Waals surface area contributed by atoms with Gasteiger partial charge in [-0.2, -0.15) is 5.10 Å². The van der Waals surface area contributed by atoms with E-state index in [2.05, 4.69) is 41.4 Å². The normalized spacial score (nSPS) is 11.1. The van der Waals surface area contributed by atoms with Crippen molar-refractivity contribution in [3.8, 4) is 0 Å². The number of amides is 1. The lowest BCUT2D eigenvalue weighted by atomic mass is 10.2. The Hall–Kier alpha value is -3.07. The van der Waals surface area contributed by atoms with E-state index < -0.39 is 0 Å².